The molecular weight excluding hydrogens is 380 g/mol. The Bertz CT molecular complexity index is 836. The lowest BCUT2D eigenvalue weighted by Crippen LogP contribution is -2.40. The summed E-state index contributed by atoms with van der Waals surface area (Å²) in [5.41, 5.74) is 1.90. The van der Waals surface area contributed by atoms with Crippen molar-refractivity contribution in [1.82, 2.24) is 9.80 Å². The summed E-state index contributed by atoms with van der Waals surface area (Å²) < 4.78 is 17.0. The van der Waals surface area contributed by atoms with Gasteiger partial charge in [-0.2, -0.15) is 0 Å². The van der Waals surface area contributed by atoms with E-state index in [9.17, 15) is 4.79 Å². The molecule has 2 aromatic rings. The van der Waals surface area contributed by atoms with Crippen LogP contribution in [0.25, 0.3) is 0 Å². The van der Waals surface area contributed by atoms with Crippen LogP contribution >= 0.6 is 0 Å². The first-order valence-corrected chi connectivity index (χ1v) is 10.7. The molecule has 1 fully saturated rings. The molecule has 0 N–H and O–H groups in total. The average Bonchev–Trinajstić information content (AvgIpc) is 3.31. The summed E-state index contributed by atoms with van der Waals surface area (Å²) in [5, 5.41) is 0. The van der Waals surface area contributed by atoms with Crippen LogP contribution < -0.4 is 9.47 Å². The van der Waals surface area contributed by atoms with Crippen LogP contribution in [0, 0.1) is 0 Å². The van der Waals surface area contributed by atoms with Crippen LogP contribution in [-0.4, -0.2) is 62.2 Å². The summed E-state index contributed by atoms with van der Waals surface area (Å²) in [4.78, 5) is 17.8. The first kappa shape index (κ1) is 20.7. The molecule has 160 valence electrons. The Balaban J connectivity index is 1.52. The van der Waals surface area contributed by atoms with Crippen LogP contribution in [0.1, 0.15) is 30.1 Å². The molecule has 6 nitrogen and oxygen atoms in total. The second-order valence-electron chi connectivity index (χ2n) is 7.81. The second-order valence-corrected chi connectivity index (χ2v) is 7.81. The molecule has 30 heavy (non-hydrogen) atoms. The van der Waals surface area contributed by atoms with Gasteiger partial charge in [0.15, 0.2) is 17.6 Å². The third-order valence-electron chi connectivity index (χ3n) is 5.74. The Morgan fingerprint density at radius 3 is 2.53 bits per heavy atom. The quantitative estimate of drug-likeness (QED) is 0.669. The molecule has 0 radical (unpaired) electrons. The van der Waals surface area contributed by atoms with Crippen molar-refractivity contribution in [2.45, 2.75) is 25.5 Å². The zero-order chi connectivity index (χ0) is 20.8. The summed E-state index contributed by atoms with van der Waals surface area (Å²) in [6.07, 6.45) is 1.86. The maximum Gasteiger partial charge on any atom is 0.256 e. The van der Waals surface area contributed by atoms with E-state index in [0.717, 1.165) is 42.3 Å². The van der Waals surface area contributed by atoms with Gasteiger partial charge in [0.25, 0.3) is 5.91 Å². The van der Waals surface area contributed by atoms with E-state index in [1.54, 1.807) is 7.11 Å². The molecule has 2 aromatic carbocycles. The predicted octanol–water partition coefficient (Wildman–Crippen LogP) is 3.27. The number of ether oxygens (including phenoxy) is 3. The van der Waals surface area contributed by atoms with Crippen molar-refractivity contribution in [2.24, 2.45) is 0 Å². The SMILES string of the molecule is CO[C@H](C(=O)N(CCN1CCCC1)Cc1ccc2c(c1)OCCO2)c1ccccc1. The molecule has 2 aliphatic rings. The van der Waals surface area contributed by atoms with Gasteiger partial charge in [-0.1, -0.05) is 36.4 Å². The Hall–Kier alpha value is -2.57. The van der Waals surface area contributed by atoms with Crippen LogP contribution in [0.2, 0.25) is 0 Å². The van der Waals surface area contributed by atoms with Gasteiger partial charge in [0, 0.05) is 26.7 Å². The molecule has 0 saturated carbocycles. The molecule has 1 amide bonds. The number of fused-ring (bicyclic) bond motifs is 1. The van der Waals surface area contributed by atoms with E-state index in [0.29, 0.717) is 26.3 Å². The number of benzene rings is 2. The Kier molecular flexibility index (Phi) is 6.87. The van der Waals surface area contributed by atoms with Gasteiger partial charge in [-0.3, -0.25) is 4.79 Å². The van der Waals surface area contributed by atoms with E-state index in [4.69, 9.17) is 14.2 Å². The average molecular weight is 411 g/mol. The zero-order valence-electron chi connectivity index (χ0n) is 17.6. The highest BCUT2D eigenvalue weighted by Gasteiger charge is 2.27. The number of hydrogen-bond acceptors (Lipinski definition) is 5. The minimum absolute atomic E-state index is 0.0159. The molecule has 0 spiro atoms. The molecule has 4 rings (SSSR count). The predicted molar refractivity (Wildman–Crippen MR) is 115 cm³/mol. The fourth-order valence-corrected chi connectivity index (χ4v) is 4.12. The zero-order valence-corrected chi connectivity index (χ0v) is 17.6. The third-order valence-corrected chi connectivity index (χ3v) is 5.74. The maximum atomic E-state index is 13.5. The summed E-state index contributed by atoms with van der Waals surface area (Å²) in [7, 11) is 1.60. The number of hydrogen-bond donors (Lipinski definition) is 0. The lowest BCUT2D eigenvalue weighted by molar-refractivity contribution is -0.143. The lowest BCUT2D eigenvalue weighted by atomic mass is 10.1. The van der Waals surface area contributed by atoms with Crippen molar-refractivity contribution in [3.05, 3.63) is 59.7 Å². The molecule has 0 bridgehead atoms. The number of nitrogens with zero attached hydrogens (tertiary/aromatic N) is 2. The van der Waals surface area contributed by atoms with Crippen LogP contribution in [-0.2, 0) is 16.1 Å². The summed E-state index contributed by atoms with van der Waals surface area (Å²) >= 11 is 0. The highest BCUT2D eigenvalue weighted by atomic mass is 16.6. The normalized spacial score (nSPS) is 17.0. The Morgan fingerprint density at radius 1 is 1.07 bits per heavy atom. The number of rotatable bonds is 8. The van der Waals surface area contributed by atoms with Crippen molar-refractivity contribution >= 4 is 5.91 Å². The fourth-order valence-electron chi connectivity index (χ4n) is 4.12. The standard InChI is InChI=1S/C24H30N2O4/c1-28-23(20-7-3-2-4-8-20)24(27)26(14-13-25-11-5-6-12-25)18-19-9-10-21-22(17-19)30-16-15-29-21/h2-4,7-10,17,23H,5-6,11-16,18H2,1H3/t23-/m0/s1. The first-order valence-electron chi connectivity index (χ1n) is 10.7. The second kappa shape index (κ2) is 9.96. The molecule has 1 atom stereocenters. The number of methoxy groups -OCH3 is 1. The summed E-state index contributed by atoms with van der Waals surface area (Å²) in [5.74, 6) is 1.49. The molecule has 6 heteroatoms. The molecule has 0 aromatic heterocycles. The minimum atomic E-state index is -0.609. The van der Waals surface area contributed by atoms with E-state index in [1.165, 1.54) is 12.8 Å². The van der Waals surface area contributed by atoms with Crippen molar-refractivity contribution in [3.8, 4) is 11.5 Å². The minimum Gasteiger partial charge on any atom is -0.486 e. The van der Waals surface area contributed by atoms with Crippen molar-refractivity contribution in [1.29, 1.82) is 0 Å². The smallest absolute Gasteiger partial charge is 0.256 e. The van der Waals surface area contributed by atoms with Gasteiger partial charge in [0.05, 0.1) is 0 Å². The van der Waals surface area contributed by atoms with E-state index in [2.05, 4.69) is 4.90 Å². The van der Waals surface area contributed by atoms with E-state index in [-0.39, 0.29) is 5.91 Å². The highest BCUT2D eigenvalue weighted by molar-refractivity contribution is 5.82. The van der Waals surface area contributed by atoms with Crippen LogP contribution in [0.5, 0.6) is 11.5 Å². The van der Waals surface area contributed by atoms with Gasteiger partial charge in [0.2, 0.25) is 0 Å². The highest BCUT2D eigenvalue weighted by Crippen LogP contribution is 2.31. The number of carbonyl (C=O) groups excluding carboxylic acids is 1. The monoisotopic (exact) mass is 410 g/mol. The topological polar surface area (TPSA) is 51.2 Å². The number of likely N-dealkylation sites (tertiary alicyclic amines) is 1. The summed E-state index contributed by atoms with van der Waals surface area (Å²) in [6.45, 7) is 5.39. The molecule has 2 heterocycles. The first-order chi connectivity index (χ1) is 14.7. The van der Waals surface area contributed by atoms with Crippen molar-refractivity contribution < 1.29 is 19.0 Å². The van der Waals surface area contributed by atoms with E-state index >= 15 is 0 Å². The van der Waals surface area contributed by atoms with Gasteiger partial charge in [-0.05, 0) is 49.2 Å². The summed E-state index contributed by atoms with van der Waals surface area (Å²) in [6, 6.07) is 15.6. The molecule has 1 saturated heterocycles. The molecule has 0 unspecified atom stereocenters. The van der Waals surface area contributed by atoms with Crippen LogP contribution in [0.4, 0.5) is 0 Å². The maximum absolute atomic E-state index is 13.5. The molecule has 2 aliphatic heterocycles. The number of amides is 1. The lowest BCUT2D eigenvalue weighted by Gasteiger charge is -2.29. The Labute approximate surface area is 178 Å². The van der Waals surface area contributed by atoms with Crippen LogP contribution in [0.3, 0.4) is 0 Å². The fraction of sp³-hybridized carbons (Fsp3) is 0.458. The number of carbonyl (C=O) groups is 1. The largest absolute Gasteiger partial charge is 0.486 e. The molecular formula is C24H30N2O4. The van der Waals surface area contributed by atoms with Gasteiger partial charge in [-0.15, -0.1) is 0 Å². The van der Waals surface area contributed by atoms with Crippen molar-refractivity contribution in [3.63, 3.8) is 0 Å². The van der Waals surface area contributed by atoms with Crippen LogP contribution in [0.15, 0.2) is 48.5 Å². The van der Waals surface area contributed by atoms with Gasteiger partial charge >= 0.3 is 0 Å². The third kappa shape index (κ3) is 4.94. The van der Waals surface area contributed by atoms with Gasteiger partial charge in [0.1, 0.15) is 13.2 Å². The van der Waals surface area contributed by atoms with Crippen molar-refractivity contribution in [2.75, 3.05) is 46.5 Å². The van der Waals surface area contributed by atoms with Gasteiger partial charge in [-0.25, -0.2) is 0 Å². The van der Waals surface area contributed by atoms with Gasteiger partial charge < -0.3 is 24.0 Å². The Morgan fingerprint density at radius 2 is 1.80 bits per heavy atom. The van der Waals surface area contributed by atoms with E-state index in [1.807, 2.05) is 53.4 Å². The van der Waals surface area contributed by atoms with E-state index < -0.39 is 6.10 Å². The molecule has 0 aliphatic carbocycles.